The van der Waals surface area contributed by atoms with E-state index in [1.807, 2.05) is 20.8 Å². The van der Waals surface area contributed by atoms with Crippen molar-refractivity contribution in [3.8, 4) is 0 Å². The Kier molecular flexibility index (Phi) is 4.75. The van der Waals surface area contributed by atoms with Crippen molar-refractivity contribution < 1.29 is 28.5 Å². The highest BCUT2D eigenvalue weighted by Crippen LogP contribution is 2.50. The van der Waals surface area contributed by atoms with Crippen molar-refractivity contribution in [3.63, 3.8) is 0 Å². The van der Waals surface area contributed by atoms with Crippen molar-refractivity contribution in [2.24, 2.45) is 5.92 Å². The van der Waals surface area contributed by atoms with Crippen molar-refractivity contribution in [3.05, 3.63) is 0 Å². The van der Waals surface area contributed by atoms with Gasteiger partial charge < -0.3 is 18.9 Å². The van der Waals surface area contributed by atoms with Crippen LogP contribution in [-0.2, 0) is 23.7 Å². The molecule has 1 amide bonds. The molecule has 136 valence electrons. The van der Waals surface area contributed by atoms with Gasteiger partial charge in [-0.3, -0.25) is 9.69 Å². The Balaban J connectivity index is 1.78. The number of carbonyl (C=O) groups is 2. The van der Waals surface area contributed by atoms with Crippen molar-refractivity contribution in [1.82, 2.24) is 4.90 Å². The molecule has 0 aromatic carbocycles. The summed E-state index contributed by atoms with van der Waals surface area (Å²) >= 11 is 0. The van der Waals surface area contributed by atoms with E-state index in [-0.39, 0.29) is 42.3 Å². The zero-order valence-corrected chi connectivity index (χ0v) is 14.8. The zero-order chi connectivity index (χ0) is 17.5. The molecule has 5 atom stereocenters. The molecule has 0 saturated carbocycles. The van der Waals surface area contributed by atoms with Gasteiger partial charge in [0.25, 0.3) is 0 Å². The first-order valence-corrected chi connectivity index (χ1v) is 8.87. The summed E-state index contributed by atoms with van der Waals surface area (Å²) in [4.78, 5) is 26.5. The first kappa shape index (κ1) is 17.5. The Hall–Kier alpha value is -1.34. The summed E-state index contributed by atoms with van der Waals surface area (Å²) in [6, 6.07) is -0.583. The van der Waals surface area contributed by atoms with E-state index in [1.54, 1.807) is 11.8 Å². The summed E-state index contributed by atoms with van der Waals surface area (Å²) in [5, 5.41) is 0. The molecule has 2 bridgehead atoms. The second-order valence-corrected chi connectivity index (χ2v) is 7.09. The fourth-order valence-electron chi connectivity index (χ4n) is 4.11. The molecule has 3 fully saturated rings. The van der Waals surface area contributed by atoms with Crippen LogP contribution in [0.25, 0.3) is 0 Å². The molecule has 0 aliphatic carbocycles. The molecule has 3 saturated heterocycles. The summed E-state index contributed by atoms with van der Waals surface area (Å²) in [6.45, 7) is 8.24. The summed E-state index contributed by atoms with van der Waals surface area (Å²) in [5.41, 5.74) is 0. The maximum absolute atomic E-state index is 12.5. The first-order valence-electron chi connectivity index (χ1n) is 8.87. The Morgan fingerprint density at radius 1 is 1.17 bits per heavy atom. The van der Waals surface area contributed by atoms with Crippen LogP contribution in [0.3, 0.4) is 0 Å². The van der Waals surface area contributed by atoms with Crippen LogP contribution in [0.4, 0.5) is 4.79 Å². The molecule has 0 aromatic rings. The number of fused-ring (bicyclic) bond motifs is 5. The number of rotatable bonds is 5. The van der Waals surface area contributed by atoms with Crippen LogP contribution in [0.5, 0.6) is 0 Å². The normalized spacial score (nSPS) is 35.8. The van der Waals surface area contributed by atoms with Gasteiger partial charge in [-0.15, -0.1) is 0 Å². The van der Waals surface area contributed by atoms with Crippen molar-refractivity contribution >= 4 is 12.1 Å². The Labute approximate surface area is 142 Å². The van der Waals surface area contributed by atoms with E-state index in [4.69, 9.17) is 18.9 Å². The summed E-state index contributed by atoms with van der Waals surface area (Å²) in [6.07, 6.45) is 1.40. The van der Waals surface area contributed by atoms with E-state index in [1.165, 1.54) is 0 Å². The van der Waals surface area contributed by atoms with Crippen LogP contribution in [-0.4, -0.2) is 60.3 Å². The maximum atomic E-state index is 12.5. The molecule has 3 aliphatic heterocycles. The molecule has 3 rings (SSSR count). The quantitative estimate of drug-likeness (QED) is 0.563. The Morgan fingerprint density at radius 3 is 2.54 bits per heavy atom. The smallest absolute Gasteiger partial charge is 0.410 e. The van der Waals surface area contributed by atoms with Gasteiger partial charge >= 0.3 is 12.1 Å². The number of hydrogen-bond donors (Lipinski definition) is 0. The summed E-state index contributed by atoms with van der Waals surface area (Å²) < 4.78 is 22.5. The predicted octanol–water partition coefficient (Wildman–Crippen LogP) is 2.08. The van der Waals surface area contributed by atoms with Crippen molar-refractivity contribution in [2.45, 2.75) is 77.0 Å². The maximum Gasteiger partial charge on any atom is 0.410 e. The minimum atomic E-state index is -0.701. The van der Waals surface area contributed by atoms with Gasteiger partial charge in [-0.05, 0) is 33.6 Å². The van der Waals surface area contributed by atoms with Gasteiger partial charge in [0, 0.05) is 0 Å². The van der Waals surface area contributed by atoms with Gasteiger partial charge in [0.05, 0.1) is 31.2 Å². The number of ether oxygens (including phenoxy) is 4. The third-order valence-corrected chi connectivity index (χ3v) is 4.99. The Bertz CT molecular complexity index is 507. The fourth-order valence-corrected chi connectivity index (χ4v) is 4.11. The van der Waals surface area contributed by atoms with E-state index in [9.17, 15) is 9.59 Å². The van der Waals surface area contributed by atoms with Crippen LogP contribution < -0.4 is 0 Å². The van der Waals surface area contributed by atoms with Gasteiger partial charge in [-0.2, -0.15) is 0 Å². The lowest BCUT2D eigenvalue weighted by Gasteiger charge is -2.28. The molecular weight excluding hydrogens is 314 g/mol. The van der Waals surface area contributed by atoms with Gasteiger partial charge in [0.1, 0.15) is 12.2 Å². The van der Waals surface area contributed by atoms with Crippen LogP contribution in [0.1, 0.15) is 47.0 Å². The highest BCUT2D eigenvalue weighted by molar-refractivity contribution is 5.78. The van der Waals surface area contributed by atoms with E-state index in [0.717, 1.165) is 12.8 Å². The van der Waals surface area contributed by atoms with Crippen molar-refractivity contribution in [1.29, 1.82) is 0 Å². The summed E-state index contributed by atoms with van der Waals surface area (Å²) in [7, 11) is 0. The van der Waals surface area contributed by atoms with Gasteiger partial charge in [-0.1, -0.05) is 13.3 Å². The lowest BCUT2D eigenvalue weighted by molar-refractivity contribution is -0.164. The monoisotopic (exact) mass is 341 g/mol. The number of nitrogens with zero attached hydrogens (tertiary/aromatic N) is 1. The molecule has 5 unspecified atom stereocenters. The number of esters is 1. The zero-order valence-electron chi connectivity index (χ0n) is 14.8. The molecule has 0 spiro atoms. The third kappa shape index (κ3) is 2.88. The van der Waals surface area contributed by atoms with Crippen molar-refractivity contribution in [2.75, 3.05) is 13.2 Å². The molecule has 7 heteroatoms. The SMILES string of the molecule is CCCCOC(=O)N1C2CC(C(=O)OCC)C1C1OC(C)(C)OC12. The lowest BCUT2D eigenvalue weighted by atomic mass is 9.85. The number of hydrogen-bond acceptors (Lipinski definition) is 6. The molecule has 0 aromatic heterocycles. The van der Waals surface area contributed by atoms with Crippen LogP contribution in [0.15, 0.2) is 0 Å². The lowest BCUT2D eigenvalue weighted by Crippen LogP contribution is -2.45. The van der Waals surface area contributed by atoms with E-state index in [0.29, 0.717) is 19.6 Å². The van der Waals surface area contributed by atoms with Crippen LogP contribution in [0.2, 0.25) is 0 Å². The van der Waals surface area contributed by atoms with Crippen LogP contribution >= 0.6 is 0 Å². The first-order chi connectivity index (χ1) is 11.4. The molecular formula is C17H27NO6. The third-order valence-electron chi connectivity index (χ3n) is 4.99. The molecule has 3 heterocycles. The molecule has 24 heavy (non-hydrogen) atoms. The highest BCUT2D eigenvalue weighted by atomic mass is 16.8. The molecule has 7 nitrogen and oxygen atoms in total. The predicted molar refractivity (Wildman–Crippen MR) is 84.2 cm³/mol. The minimum absolute atomic E-state index is 0.203. The summed E-state index contributed by atoms with van der Waals surface area (Å²) in [5.74, 6) is -1.36. The Morgan fingerprint density at radius 2 is 1.88 bits per heavy atom. The van der Waals surface area contributed by atoms with E-state index in [2.05, 4.69) is 0 Å². The second kappa shape index (κ2) is 6.52. The number of carbonyl (C=O) groups excluding carboxylic acids is 2. The van der Waals surface area contributed by atoms with Gasteiger partial charge in [0.2, 0.25) is 0 Å². The molecule has 0 radical (unpaired) electrons. The topological polar surface area (TPSA) is 74.3 Å². The molecule has 3 aliphatic rings. The van der Waals surface area contributed by atoms with Gasteiger partial charge in [-0.25, -0.2) is 4.79 Å². The minimum Gasteiger partial charge on any atom is -0.466 e. The largest absolute Gasteiger partial charge is 0.466 e. The fraction of sp³-hybridized carbons (Fsp3) is 0.882. The average molecular weight is 341 g/mol. The van der Waals surface area contributed by atoms with E-state index < -0.39 is 5.79 Å². The van der Waals surface area contributed by atoms with Gasteiger partial charge in [0.15, 0.2) is 5.79 Å². The second-order valence-electron chi connectivity index (χ2n) is 7.09. The highest BCUT2D eigenvalue weighted by Gasteiger charge is 2.67. The average Bonchev–Trinajstić information content (AvgIpc) is 3.12. The molecule has 0 N–H and O–H groups in total. The van der Waals surface area contributed by atoms with E-state index >= 15 is 0 Å². The number of unbranched alkanes of at least 4 members (excludes halogenated alkanes) is 1. The van der Waals surface area contributed by atoms with Crippen LogP contribution in [0, 0.1) is 5.92 Å². The standard InChI is InChI=1S/C17H27NO6/c1-5-7-8-22-16(20)18-11-9-10(15(19)21-6-2)12(18)14-13(11)23-17(3,4)24-14/h10-14H,5-9H2,1-4H3. The number of amides is 1.